The van der Waals surface area contributed by atoms with Crippen LogP contribution in [0.25, 0.3) is 10.9 Å². The van der Waals surface area contributed by atoms with E-state index >= 15 is 0 Å². The highest BCUT2D eigenvalue weighted by molar-refractivity contribution is 5.90. The van der Waals surface area contributed by atoms with Gasteiger partial charge in [-0.15, -0.1) is 0 Å². The molecule has 1 aromatic heterocycles. The fourth-order valence-electron chi connectivity index (χ4n) is 1.74. The highest BCUT2D eigenvalue weighted by Crippen LogP contribution is 2.30. The van der Waals surface area contributed by atoms with Gasteiger partial charge in [0.1, 0.15) is 5.75 Å². The SMILES string of the molecule is Cc1ccc2c(c(O)cn2C)c1C. The Labute approximate surface area is 77.4 Å². The van der Waals surface area contributed by atoms with Crippen LogP contribution in [0.3, 0.4) is 0 Å². The molecule has 13 heavy (non-hydrogen) atoms. The maximum atomic E-state index is 9.68. The van der Waals surface area contributed by atoms with Crippen molar-refractivity contribution in [3.8, 4) is 5.75 Å². The molecule has 0 atom stereocenters. The van der Waals surface area contributed by atoms with Crippen LogP contribution in [0.1, 0.15) is 11.1 Å². The lowest BCUT2D eigenvalue weighted by Gasteiger charge is -2.02. The molecular formula is C11H13NO. The number of hydrogen-bond acceptors (Lipinski definition) is 1. The first-order chi connectivity index (χ1) is 6.11. The maximum absolute atomic E-state index is 9.68. The van der Waals surface area contributed by atoms with Gasteiger partial charge >= 0.3 is 0 Å². The molecule has 0 saturated heterocycles. The van der Waals surface area contributed by atoms with Crippen molar-refractivity contribution in [1.82, 2.24) is 4.57 Å². The Hall–Kier alpha value is -1.44. The Balaban J connectivity index is 2.98. The Morgan fingerprint density at radius 1 is 1.23 bits per heavy atom. The van der Waals surface area contributed by atoms with Crippen LogP contribution < -0.4 is 0 Å². The minimum absolute atomic E-state index is 0.374. The van der Waals surface area contributed by atoms with Crippen LogP contribution in [0.15, 0.2) is 18.3 Å². The van der Waals surface area contributed by atoms with E-state index in [9.17, 15) is 5.11 Å². The lowest BCUT2D eigenvalue weighted by molar-refractivity contribution is 0.479. The summed E-state index contributed by atoms with van der Waals surface area (Å²) in [5.41, 5.74) is 3.46. The van der Waals surface area contributed by atoms with Crippen LogP contribution in [0.5, 0.6) is 5.75 Å². The van der Waals surface area contributed by atoms with Gasteiger partial charge in [-0.25, -0.2) is 0 Å². The average Bonchev–Trinajstić information content (AvgIpc) is 2.35. The topological polar surface area (TPSA) is 25.2 Å². The van der Waals surface area contributed by atoms with E-state index in [-0.39, 0.29) is 0 Å². The van der Waals surface area contributed by atoms with Gasteiger partial charge in [-0.1, -0.05) is 6.07 Å². The molecule has 0 amide bonds. The van der Waals surface area contributed by atoms with Gasteiger partial charge in [-0.2, -0.15) is 0 Å². The molecule has 2 aromatic rings. The summed E-state index contributed by atoms with van der Waals surface area (Å²) >= 11 is 0. The first kappa shape index (κ1) is 8.17. The fraction of sp³-hybridized carbons (Fsp3) is 0.273. The third-order valence-electron chi connectivity index (χ3n) is 2.67. The van der Waals surface area contributed by atoms with Gasteiger partial charge in [0.2, 0.25) is 0 Å². The normalized spacial score (nSPS) is 11.0. The third kappa shape index (κ3) is 1.02. The Kier molecular flexibility index (Phi) is 1.59. The van der Waals surface area contributed by atoms with E-state index in [2.05, 4.69) is 13.0 Å². The first-order valence-electron chi connectivity index (χ1n) is 4.35. The van der Waals surface area contributed by atoms with Crippen molar-refractivity contribution in [3.63, 3.8) is 0 Å². The largest absolute Gasteiger partial charge is 0.506 e. The van der Waals surface area contributed by atoms with Gasteiger partial charge in [0.05, 0.1) is 5.52 Å². The van der Waals surface area contributed by atoms with E-state index in [1.165, 1.54) is 5.56 Å². The second-order valence-corrected chi connectivity index (χ2v) is 3.53. The summed E-state index contributed by atoms with van der Waals surface area (Å²) in [5, 5.41) is 10.7. The molecule has 0 radical (unpaired) electrons. The lowest BCUT2D eigenvalue weighted by atomic mass is 10.1. The van der Waals surface area contributed by atoms with E-state index in [0.717, 1.165) is 16.5 Å². The highest BCUT2D eigenvalue weighted by atomic mass is 16.3. The van der Waals surface area contributed by atoms with Gasteiger partial charge in [0.25, 0.3) is 0 Å². The Morgan fingerprint density at radius 3 is 2.62 bits per heavy atom. The molecule has 0 aliphatic heterocycles. The minimum atomic E-state index is 0.374. The van der Waals surface area contributed by atoms with E-state index in [1.807, 2.05) is 24.6 Å². The molecule has 0 aliphatic rings. The van der Waals surface area contributed by atoms with Crippen molar-refractivity contribution >= 4 is 10.9 Å². The Morgan fingerprint density at radius 2 is 1.92 bits per heavy atom. The van der Waals surface area contributed by atoms with Crippen LogP contribution in [-0.4, -0.2) is 9.67 Å². The van der Waals surface area contributed by atoms with Gasteiger partial charge in [0.15, 0.2) is 0 Å². The summed E-state index contributed by atoms with van der Waals surface area (Å²) < 4.78 is 1.94. The summed E-state index contributed by atoms with van der Waals surface area (Å²) in [6, 6.07) is 4.12. The number of aromatic nitrogens is 1. The monoisotopic (exact) mass is 175 g/mol. The number of hydrogen-bond donors (Lipinski definition) is 1. The van der Waals surface area contributed by atoms with Crippen molar-refractivity contribution in [3.05, 3.63) is 29.5 Å². The van der Waals surface area contributed by atoms with Crippen molar-refractivity contribution in [2.24, 2.45) is 7.05 Å². The highest BCUT2D eigenvalue weighted by Gasteiger charge is 2.08. The molecule has 0 bridgehead atoms. The molecule has 2 nitrogen and oxygen atoms in total. The first-order valence-corrected chi connectivity index (χ1v) is 4.35. The smallest absolute Gasteiger partial charge is 0.141 e. The lowest BCUT2D eigenvalue weighted by Crippen LogP contribution is -1.86. The predicted molar refractivity (Wildman–Crippen MR) is 54.1 cm³/mol. The zero-order chi connectivity index (χ0) is 9.59. The molecular weight excluding hydrogens is 162 g/mol. The molecule has 2 rings (SSSR count). The summed E-state index contributed by atoms with van der Waals surface area (Å²) in [7, 11) is 1.94. The molecule has 0 unspecified atom stereocenters. The number of aromatic hydroxyl groups is 1. The van der Waals surface area contributed by atoms with Gasteiger partial charge in [0, 0.05) is 18.6 Å². The van der Waals surface area contributed by atoms with Crippen LogP contribution in [0.4, 0.5) is 0 Å². The fourth-order valence-corrected chi connectivity index (χ4v) is 1.74. The summed E-state index contributed by atoms with van der Waals surface area (Å²) in [6.45, 7) is 4.10. The molecule has 1 heterocycles. The minimum Gasteiger partial charge on any atom is -0.506 e. The average molecular weight is 175 g/mol. The van der Waals surface area contributed by atoms with E-state index in [1.54, 1.807) is 6.20 Å². The van der Waals surface area contributed by atoms with Crippen molar-refractivity contribution < 1.29 is 5.11 Å². The van der Waals surface area contributed by atoms with Crippen molar-refractivity contribution in [1.29, 1.82) is 0 Å². The summed E-state index contributed by atoms with van der Waals surface area (Å²) in [6.07, 6.45) is 1.75. The van der Waals surface area contributed by atoms with Crippen LogP contribution in [0.2, 0.25) is 0 Å². The molecule has 0 aliphatic carbocycles. The zero-order valence-corrected chi connectivity index (χ0v) is 8.13. The number of fused-ring (bicyclic) bond motifs is 1. The maximum Gasteiger partial charge on any atom is 0.141 e. The molecule has 2 heteroatoms. The van der Waals surface area contributed by atoms with E-state index < -0.39 is 0 Å². The molecule has 0 saturated carbocycles. The molecule has 1 N–H and O–H groups in total. The molecule has 0 fully saturated rings. The predicted octanol–water partition coefficient (Wildman–Crippen LogP) is 2.50. The van der Waals surface area contributed by atoms with Crippen molar-refractivity contribution in [2.75, 3.05) is 0 Å². The van der Waals surface area contributed by atoms with Crippen LogP contribution >= 0.6 is 0 Å². The molecule has 68 valence electrons. The number of aryl methyl sites for hydroxylation is 3. The van der Waals surface area contributed by atoms with Crippen molar-refractivity contribution in [2.45, 2.75) is 13.8 Å². The summed E-state index contributed by atoms with van der Waals surface area (Å²) in [4.78, 5) is 0. The number of nitrogens with zero attached hydrogens (tertiary/aromatic N) is 1. The van der Waals surface area contributed by atoms with Gasteiger partial charge in [-0.3, -0.25) is 0 Å². The second kappa shape index (κ2) is 2.52. The van der Waals surface area contributed by atoms with E-state index in [0.29, 0.717) is 5.75 Å². The molecule has 1 aromatic carbocycles. The number of benzene rings is 1. The third-order valence-corrected chi connectivity index (χ3v) is 2.67. The second-order valence-electron chi connectivity index (χ2n) is 3.53. The standard InChI is InChI=1S/C11H13NO/c1-7-4-5-9-11(8(7)2)10(13)6-12(9)3/h4-6,13H,1-3H3. The number of rotatable bonds is 0. The Bertz CT molecular complexity index is 468. The summed E-state index contributed by atoms with van der Waals surface area (Å²) in [5.74, 6) is 0.374. The quantitative estimate of drug-likeness (QED) is 0.653. The van der Waals surface area contributed by atoms with E-state index in [4.69, 9.17) is 0 Å². The molecule has 0 spiro atoms. The van der Waals surface area contributed by atoms with Gasteiger partial charge < -0.3 is 9.67 Å². The van der Waals surface area contributed by atoms with Crippen LogP contribution in [-0.2, 0) is 7.05 Å². The van der Waals surface area contributed by atoms with Crippen LogP contribution in [0, 0.1) is 13.8 Å². The van der Waals surface area contributed by atoms with Gasteiger partial charge in [-0.05, 0) is 31.0 Å². The zero-order valence-electron chi connectivity index (χ0n) is 8.13.